The summed E-state index contributed by atoms with van der Waals surface area (Å²) >= 11 is 0. The Kier molecular flexibility index (Phi) is 2.72. The van der Waals surface area contributed by atoms with Crippen LogP contribution in [0.15, 0.2) is 12.1 Å². The summed E-state index contributed by atoms with van der Waals surface area (Å²) in [6.07, 6.45) is 0. The number of hydrogen-bond donors (Lipinski definition) is 2. The van der Waals surface area contributed by atoms with Gasteiger partial charge in [0.25, 0.3) is 0 Å². The van der Waals surface area contributed by atoms with Crippen LogP contribution in [-0.4, -0.2) is 12.2 Å². The predicted octanol–water partition coefficient (Wildman–Crippen LogP) is 1.56. The van der Waals surface area contributed by atoms with Crippen molar-refractivity contribution in [3.05, 3.63) is 23.5 Å². The second kappa shape index (κ2) is 3.62. The Morgan fingerprint density at radius 3 is 2.62 bits per heavy atom. The summed E-state index contributed by atoms with van der Waals surface area (Å²) in [5.41, 5.74) is 6.14. The van der Waals surface area contributed by atoms with E-state index in [1.807, 2.05) is 0 Å². The monoisotopic (exact) mass is 185 g/mol. The van der Waals surface area contributed by atoms with E-state index < -0.39 is 11.6 Å². The molecule has 0 aliphatic heterocycles. The van der Waals surface area contributed by atoms with Gasteiger partial charge < -0.3 is 15.6 Å². The molecule has 0 aliphatic carbocycles. The maximum atomic E-state index is 13.0. The second-order valence-electron chi connectivity index (χ2n) is 2.84. The van der Waals surface area contributed by atoms with Crippen molar-refractivity contribution in [2.75, 3.05) is 7.11 Å². The highest BCUT2D eigenvalue weighted by atomic mass is 19.1. The van der Waals surface area contributed by atoms with Crippen molar-refractivity contribution < 1.29 is 14.2 Å². The van der Waals surface area contributed by atoms with Gasteiger partial charge in [0.2, 0.25) is 0 Å². The van der Waals surface area contributed by atoms with Gasteiger partial charge in [0, 0.05) is 6.04 Å². The zero-order valence-corrected chi connectivity index (χ0v) is 7.54. The molecule has 0 bridgehead atoms. The van der Waals surface area contributed by atoms with E-state index in [9.17, 15) is 4.39 Å². The number of halogens is 1. The van der Waals surface area contributed by atoms with Crippen molar-refractivity contribution in [1.29, 1.82) is 0 Å². The van der Waals surface area contributed by atoms with E-state index >= 15 is 0 Å². The van der Waals surface area contributed by atoms with Crippen molar-refractivity contribution in [3.8, 4) is 11.5 Å². The molecule has 0 heterocycles. The minimum absolute atomic E-state index is 0.104. The number of rotatable bonds is 2. The molecule has 72 valence electrons. The van der Waals surface area contributed by atoms with Crippen molar-refractivity contribution >= 4 is 0 Å². The van der Waals surface area contributed by atoms with Crippen LogP contribution in [0.4, 0.5) is 4.39 Å². The first-order chi connectivity index (χ1) is 6.06. The van der Waals surface area contributed by atoms with Gasteiger partial charge in [-0.2, -0.15) is 0 Å². The molecule has 0 aromatic heterocycles. The van der Waals surface area contributed by atoms with Gasteiger partial charge in [-0.05, 0) is 24.6 Å². The largest absolute Gasteiger partial charge is 0.502 e. The maximum Gasteiger partial charge on any atom is 0.194 e. The van der Waals surface area contributed by atoms with Crippen LogP contribution in [0, 0.1) is 5.82 Å². The minimum Gasteiger partial charge on any atom is -0.502 e. The third-order valence-electron chi connectivity index (χ3n) is 1.80. The van der Waals surface area contributed by atoms with E-state index in [4.69, 9.17) is 15.6 Å². The number of nitrogens with two attached hydrogens (primary N) is 1. The first kappa shape index (κ1) is 9.80. The lowest BCUT2D eigenvalue weighted by atomic mass is 10.1. The van der Waals surface area contributed by atoms with Crippen LogP contribution in [0.3, 0.4) is 0 Å². The lowest BCUT2D eigenvalue weighted by molar-refractivity contribution is 0.356. The van der Waals surface area contributed by atoms with E-state index in [1.165, 1.54) is 19.2 Å². The van der Waals surface area contributed by atoms with Gasteiger partial charge in [0.15, 0.2) is 17.3 Å². The number of hydrogen-bond acceptors (Lipinski definition) is 3. The number of phenolic OH excluding ortho intramolecular Hbond substituents is 1. The first-order valence-electron chi connectivity index (χ1n) is 3.88. The zero-order valence-electron chi connectivity index (χ0n) is 7.54. The van der Waals surface area contributed by atoms with Crippen molar-refractivity contribution in [2.45, 2.75) is 13.0 Å². The van der Waals surface area contributed by atoms with E-state index in [-0.39, 0.29) is 11.8 Å². The van der Waals surface area contributed by atoms with Crippen molar-refractivity contribution in [1.82, 2.24) is 0 Å². The Labute approximate surface area is 75.9 Å². The van der Waals surface area contributed by atoms with Crippen LogP contribution < -0.4 is 10.5 Å². The molecule has 13 heavy (non-hydrogen) atoms. The van der Waals surface area contributed by atoms with E-state index in [2.05, 4.69) is 0 Å². The van der Waals surface area contributed by atoms with E-state index in [1.54, 1.807) is 6.92 Å². The zero-order chi connectivity index (χ0) is 10.0. The lowest BCUT2D eigenvalue weighted by Crippen LogP contribution is -2.05. The molecule has 1 unspecified atom stereocenters. The van der Waals surface area contributed by atoms with Crippen LogP contribution in [0.25, 0.3) is 0 Å². The van der Waals surface area contributed by atoms with E-state index in [0.29, 0.717) is 5.56 Å². The van der Waals surface area contributed by atoms with Gasteiger partial charge in [-0.15, -0.1) is 0 Å². The third-order valence-corrected chi connectivity index (χ3v) is 1.80. The number of benzene rings is 1. The summed E-state index contributed by atoms with van der Waals surface area (Å²) < 4.78 is 17.8. The molecule has 0 fully saturated rings. The smallest absolute Gasteiger partial charge is 0.194 e. The molecule has 3 N–H and O–H groups in total. The molecule has 1 aromatic carbocycles. The summed E-state index contributed by atoms with van der Waals surface area (Å²) in [5.74, 6) is -1.09. The molecule has 0 saturated carbocycles. The lowest BCUT2D eigenvalue weighted by Gasteiger charge is -2.09. The molecule has 0 radical (unpaired) electrons. The topological polar surface area (TPSA) is 55.5 Å². The normalized spacial score (nSPS) is 12.6. The summed E-state index contributed by atoms with van der Waals surface area (Å²) in [4.78, 5) is 0. The van der Waals surface area contributed by atoms with Crippen LogP contribution in [0.5, 0.6) is 11.5 Å². The standard InChI is InChI=1S/C9H12FNO2/c1-5(11)6-3-7(10)9(12)8(4-6)13-2/h3-5,12H,11H2,1-2H3. The molecule has 0 amide bonds. The molecule has 3 nitrogen and oxygen atoms in total. The fraction of sp³-hybridized carbons (Fsp3) is 0.333. The number of ether oxygens (including phenoxy) is 1. The highest BCUT2D eigenvalue weighted by Crippen LogP contribution is 2.31. The quantitative estimate of drug-likeness (QED) is 0.735. The molecule has 4 heteroatoms. The van der Waals surface area contributed by atoms with Crippen LogP contribution in [0.1, 0.15) is 18.5 Å². The van der Waals surface area contributed by atoms with Crippen molar-refractivity contribution in [3.63, 3.8) is 0 Å². The van der Waals surface area contributed by atoms with Gasteiger partial charge in [-0.3, -0.25) is 0 Å². The van der Waals surface area contributed by atoms with Gasteiger partial charge in [0.05, 0.1) is 7.11 Å². The SMILES string of the molecule is COc1cc(C(C)N)cc(F)c1O. The maximum absolute atomic E-state index is 13.0. The minimum atomic E-state index is -0.716. The first-order valence-corrected chi connectivity index (χ1v) is 3.88. The summed E-state index contributed by atoms with van der Waals surface area (Å²) in [6.45, 7) is 1.73. The molecule has 0 saturated heterocycles. The van der Waals surface area contributed by atoms with Crippen LogP contribution in [0.2, 0.25) is 0 Å². The molecular formula is C9H12FNO2. The van der Waals surface area contributed by atoms with Gasteiger partial charge in [-0.1, -0.05) is 0 Å². The Hall–Kier alpha value is -1.29. The molecule has 0 spiro atoms. The molecule has 1 rings (SSSR count). The highest BCUT2D eigenvalue weighted by Gasteiger charge is 2.11. The summed E-state index contributed by atoms with van der Waals surface area (Å²) in [7, 11) is 1.36. The Morgan fingerprint density at radius 2 is 2.15 bits per heavy atom. The average Bonchev–Trinajstić information content (AvgIpc) is 2.09. The Bertz CT molecular complexity index is 313. The molecule has 1 atom stereocenters. The van der Waals surface area contributed by atoms with E-state index in [0.717, 1.165) is 0 Å². The number of phenols is 1. The average molecular weight is 185 g/mol. The number of methoxy groups -OCH3 is 1. The van der Waals surface area contributed by atoms with Crippen LogP contribution in [-0.2, 0) is 0 Å². The van der Waals surface area contributed by atoms with Crippen LogP contribution >= 0.6 is 0 Å². The summed E-state index contributed by atoms with van der Waals surface area (Å²) in [5, 5.41) is 9.16. The highest BCUT2D eigenvalue weighted by molar-refractivity contribution is 5.43. The Balaban J connectivity index is 3.22. The predicted molar refractivity (Wildman–Crippen MR) is 47.2 cm³/mol. The van der Waals surface area contributed by atoms with Gasteiger partial charge in [-0.25, -0.2) is 4.39 Å². The van der Waals surface area contributed by atoms with Crippen molar-refractivity contribution in [2.24, 2.45) is 5.73 Å². The third kappa shape index (κ3) is 1.89. The fourth-order valence-corrected chi connectivity index (χ4v) is 1.01. The fourth-order valence-electron chi connectivity index (χ4n) is 1.01. The molecular weight excluding hydrogens is 173 g/mol. The molecule has 1 aromatic rings. The second-order valence-corrected chi connectivity index (χ2v) is 2.84. The Morgan fingerprint density at radius 1 is 1.54 bits per heavy atom. The van der Waals surface area contributed by atoms with Gasteiger partial charge >= 0.3 is 0 Å². The van der Waals surface area contributed by atoms with Gasteiger partial charge in [0.1, 0.15) is 0 Å². The summed E-state index contributed by atoms with van der Waals surface area (Å²) in [6, 6.07) is 2.43. The molecule has 0 aliphatic rings. The number of aromatic hydroxyl groups is 1.